The lowest BCUT2D eigenvalue weighted by atomic mass is 10.1. The van der Waals surface area contributed by atoms with Crippen LogP contribution in [-0.2, 0) is 0 Å². The quantitative estimate of drug-likeness (QED) is 0.319. The van der Waals surface area contributed by atoms with E-state index in [1.54, 1.807) is 80.9 Å². The number of hydrogen-bond acceptors (Lipinski definition) is 7. The Balaban J connectivity index is 1.68. The molecule has 9 heteroatoms. The first kappa shape index (κ1) is 23.7. The Morgan fingerprint density at radius 3 is 1.92 bits per heavy atom. The summed E-state index contributed by atoms with van der Waals surface area (Å²) in [5, 5.41) is 4.58. The fourth-order valence-corrected chi connectivity index (χ4v) is 3.97. The van der Waals surface area contributed by atoms with Crippen molar-refractivity contribution in [3.63, 3.8) is 0 Å². The number of amides is 2. The monoisotopic (exact) mass is 493 g/mol. The summed E-state index contributed by atoms with van der Waals surface area (Å²) in [6, 6.07) is 24.4. The van der Waals surface area contributed by atoms with Gasteiger partial charge in [-0.25, -0.2) is 9.88 Å². The van der Waals surface area contributed by atoms with E-state index in [2.05, 4.69) is 15.1 Å². The average Bonchev–Trinajstić information content (AvgIpc) is 3.36. The van der Waals surface area contributed by atoms with Gasteiger partial charge in [0.15, 0.2) is 11.5 Å². The molecule has 0 fully saturated rings. The second kappa shape index (κ2) is 9.90. The number of fused-ring (bicyclic) bond motifs is 1. The van der Waals surface area contributed by atoms with E-state index in [4.69, 9.17) is 9.47 Å². The number of anilines is 1. The molecule has 0 saturated heterocycles. The number of methoxy groups -OCH3 is 2. The molecular formula is C28H23N5O4. The number of ether oxygens (including phenoxy) is 2. The van der Waals surface area contributed by atoms with Crippen LogP contribution in [0.15, 0.2) is 84.9 Å². The Bertz CT molecular complexity index is 1550. The number of aryl methyl sites for hydroxylation is 1. The molecule has 5 rings (SSSR count). The van der Waals surface area contributed by atoms with E-state index in [1.807, 2.05) is 25.1 Å². The maximum atomic E-state index is 13.6. The molecule has 0 bridgehead atoms. The highest BCUT2D eigenvalue weighted by Gasteiger charge is 2.30. The summed E-state index contributed by atoms with van der Waals surface area (Å²) in [6.45, 7) is 1.83. The minimum absolute atomic E-state index is 0.0810. The number of carbonyl (C=O) groups is 2. The normalized spacial score (nSPS) is 10.8. The third kappa shape index (κ3) is 4.50. The van der Waals surface area contributed by atoms with Crippen molar-refractivity contribution in [1.82, 2.24) is 19.6 Å². The van der Waals surface area contributed by atoms with Crippen molar-refractivity contribution in [1.29, 1.82) is 0 Å². The fourth-order valence-electron chi connectivity index (χ4n) is 3.97. The Labute approximate surface area is 212 Å². The van der Waals surface area contributed by atoms with Gasteiger partial charge in [-0.05, 0) is 55.5 Å². The number of imide groups is 1. The molecule has 0 saturated carbocycles. The first-order valence-electron chi connectivity index (χ1n) is 11.5. The van der Waals surface area contributed by atoms with Crippen LogP contribution in [0.3, 0.4) is 0 Å². The predicted octanol–water partition coefficient (Wildman–Crippen LogP) is 4.60. The smallest absolute Gasteiger partial charge is 0.267 e. The summed E-state index contributed by atoms with van der Waals surface area (Å²) in [7, 11) is 3.13. The largest absolute Gasteiger partial charge is 0.493 e. The Kier molecular flexibility index (Phi) is 6.34. The number of rotatable bonds is 6. The van der Waals surface area contributed by atoms with Crippen molar-refractivity contribution >= 4 is 23.5 Å². The molecule has 0 spiro atoms. The number of aromatic nitrogens is 4. The standard InChI is InChI=1S/C28H23N5O4/c1-18-16-22(21-14-15-23(36-2)24(17-21)37-3)33-27(29-18)30-28(31-33)32(25(34)19-10-6-4-7-11-19)26(35)20-12-8-5-9-13-20/h4-17H,1-3H3. The Morgan fingerprint density at radius 1 is 0.757 bits per heavy atom. The van der Waals surface area contributed by atoms with Crippen molar-refractivity contribution < 1.29 is 19.1 Å². The van der Waals surface area contributed by atoms with E-state index >= 15 is 0 Å². The van der Waals surface area contributed by atoms with Gasteiger partial charge in [0.1, 0.15) is 0 Å². The molecule has 2 aromatic heterocycles. The summed E-state index contributed by atoms with van der Waals surface area (Å²) in [5.74, 6) is 0.197. The van der Waals surface area contributed by atoms with Crippen LogP contribution in [0.25, 0.3) is 17.0 Å². The number of carbonyl (C=O) groups excluding carboxylic acids is 2. The van der Waals surface area contributed by atoms with E-state index in [0.717, 1.165) is 10.5 Å². The Hall–Kier alpha value is -5.05. The third-order valence-electron chi connectivity index (χ3n) is 5.76. The average molecular weight is 494 g/mol. The van der Waals surface area contributed by atoms with E-state index in [-0.39, 0.29) is 11.7 Å². The lowest BCUT2D eigenvalue weighted by Gasteiger charge is -2.17. The fraction of sp³-hybridized carbons (Fsp3) is 0.107. The second-order valence-corrected chi connectivity index (χ2v) is 8.15. The molecule has 9 nitrogen and oxygen atoms in total. The third-order valence-corrected chi connectivity index (χ3v) is 5.76. The highest BCUT2D eigenvalue weighted by atomic mass is 16.5. The van der Waals surface area contributed by atoms with Crippen LogP contribution in [0, 0.1) is 6.92 Å². The molecule has 5 aromatic rings. The van der Waals surface area contributed by atoms with Gasteiger partial charge in [0.25, 0.3) is 23.5 Å². The van der Waals surface area contributed by atoms with Crippen molar-refractivity contribution in [2.75, 3.05) is 19.1 Å². The number of benzene rings is 3. The van der Waals surface area contributed by atoms with Gasteiger partial charge < -0.3 is 9.47 Å². The highest BCUT2D eigenvalue weighted by Crippen LogP contribution is 2.33. The summed E-state index contributed by atoms with van der Waals surface area (Å²) in [5.41, 5.74) is 2.76. The van der Waals surface area contributed by atoms with Gasteiger partial charge in [-0.1, -0.05) is 36.4 Å². The van der Waals surface area contributed by atoms with E-state index < -0.39 is 11.8 Å². The molecule has 0 radical (unpaired) electrons. The van der Waals surface area contributed by atoms with E-state index in [0.29, 0.717) is 34.0 Å². The maximum Gasteiger partial charge on any atom is 0.267 e. The van der Waals surface area contributed by atoms with Crippen LogP contribution in [-0.4, -0.2) is 45.6 Å². The molecule has 2 amide bonds. The zero-order valence-electron chi connectivity index (χ0n) is 20.5. The molecule has 0 aliphatic rings. The van der Waals surface area contributed by atoms with Crippen molar-refractivity contribution in [3.05, 3.63) is 102 Å². The van der Waals surface area contributed by atoms with Crippen LogP contribution < -0.4 is 14.4 Å². The molecule has 2 heterocycles. The molecule has 0 aliphatic heterocycles. The van der Waals surface area contributed by atoms with E-state index in [1.165, 1.54) is 4.52 Å². The van der Waals surface area contributed by atoms with Gasteiger partial charge in [0.2, 0.25) is 0 Å². The van der Waals surface area contributed by atoms with Crippen LogP contribution >= 0.6 is 0 Å². The number of nitrogens with zero attached hydrogens (tertiary/aromatic N) is 5. The molecular weight excluding hydrogens is 470 g/mol. The van der Waals surface area contributed by atoms with E-state index in [9.17, 15) is 9.59 Å². The van der Waals surface area contributed by atoms with Crippen molar-refractivity contribution in [3.8, 4) is 22.8 Å². The highest BCUT2D eigenvalue weighted by molar-refractivity contribution is 6.25. The molecule has 0 atom stereocenters. The van der Waals surface area contributed by atoms with Gasteiger partial charge >= 0.3 is 0 Å². The zero-order valence-corrected chi connectivity index (χ0v) is 20.5. The number of hydrogen-bond donors (Lipinski definition) is 0. The molecule has 0 unspecified atom stereocenters. The molecule has 37 heavy (non-hydrogen) atoms. The zero-order chi connectivity index (χ0) is 25.9. The van der Waals surface area contributed by atoms with Crippen molar-refractivity contribution in [2.45, 2.75) is 6.92 Å². The van der Waals surface area contributed by atoms with Gasteiger partial charge in [-0.3, -0.25) is 9.59 Å². The molecule has 3 aromatic carbocycles. The summed E-state index contributed by atoms with van der Waals surface area (Å²) >= 11 is 0. The van der Waals surface area contributed by atoms with Crippen LogP contribution in [0.5, 0.6) is 11.5 Å². The lowest BCUT2D eigenvalue weighted by Crippen LogP contribution is -2.38. The first-order valence-corrected chi connectivity index (χ1v) is 11.5. The summed E-state index contributed by atoms with van der Waals surface area (Å²) in [6.07, 6.45) is 0. The molecule has 0 N–H and O–H groups in total. The van der Waals surface area contributed by atoms with Crippen LogP contribution in [0.4, 0.5) is 5.95 Å². The Morgan fingerprint density at radius 2 is 1.35 bits per heavy atom. The van der Waals surface area contributed by atoms with Crippen LogP contribution in [0.2, 0.25) is 0 Å². The SMILES string of the molecule is COc1ccc(-c2cc(C)nc3nc(N(C(=O)c4ccccc4)C(=O)c4ccccc4)nn23)cc1OC. The van der Waals surface area contributed by atoms with Gasteiger partial charge in [-0.2, -0.15) is 9.50 Å². The maximum absolute atomic E-state index is 13.6. The van der Waals surface area contributed by atoms with Gasteiger partial charge in [-0.15, -0.1) is 5.10 Å². The predicted molar refractivity (Wildman–Crippen MR) is 138 cm³/mol. The minimum atomic E-state index is -0.547. The lowest BCUT2D eigenvalue weighted by molar-refractivity contribution is 0.0895. The molecule has 0 aliphatic carbocycles. The molecule has 184 valence electrons. The first-order chi connectivity index (χ1) is 18.0. The summed E-state index contributed by atoms with van der Waals surface area (Å²) < 4.78 is 12.3. The van der Waals surface area contributed by atoms with Crippen LogP contribution in [0.1, 0.15) is 26.4 Å². The second-order valence-electron chi connectivity index (χ2n) is 8.15. The topological polar surface area (TPSA) is 98.9 Å². The minimum Gasteiger partial charge on any atom is -0.493 e. The van der Waals surface area contributed by atoms with Gasteiger partial charge in [0, 0.05) is 22.4 Å². The summed E-state index contributed by atoms with van der Waals surface area (Å²) in [4.78, 5) is 37.1. The van der Waals surface area contributed by atoms with Gasteiger partial charge in [0.05, 0.1) is 19.9 Å². The van der Waals surface area contributed by atoms with Crippen molar-refractivity contribution in [2.24, 2.45) is 0 Å².